The van der Waals surface area contributed by atoms with Gasteiger partial charge in [-0.2, -0.15) is 4.31 Å². The van der Waals surface area contributed by atoms with E-state index in [1.165, 1.54) is 28.6 Å². The maximum absolute atomic E-state index is 13.1. The fraction of sp³-hybridized carbons (Fsp3) is 0.571. The normalized spacial score (nSPS) is 26.3. The zero-order valence-electron chi connectivity index (χ0n) is 18.2. The van der Waals surface area contributed by atoms with Gasteiger partial charge in [-0.1, -0.05) is 0 Å². The molecule has 4 rings (SSSR count). The summed E-state index contributed by atoms with van der Waals surface area (Å²) in [6.45, 7) is 4.86. The number of hydrogen-bond donors (Lipinski definition) is 0. The maximum Gasteiger partial charge on any atom is 0.338 e. The minimum Gasteiger partial charge on any atom is -0.462 e. The van der Waals surface area contributed by atoms with Gasteiger partial charge in [-0.3, -0.25) is 9.59 Å². The maximum atomic E-state index is 13.1. The van der Waals surface area contributed by atoms with Crippen LogP contribution in [0.4, 0.5) is 0 Å². The number of thioether (sulfide) groups is 1. The number of fused-ring (bicyclic) bond motifs is 1. The Morgan fingerprint density at radius 1 is 1.16 bits per heavy atom. The molecule has 1 aromatic carbocycles. The van der Waals surface area contributed by atoms with Crippen LogP contribution in [0.2, 0.25) is 0 Å². The van der Waals surface area contributed by atoms with Crippen molar-refractivity contribution in [3.05, 3.63) is 29.8 Å². The molecule has 32 heavy (non-hydrogen) atoms. The SMILES string of the molecule is CCOC(=O)c1ccc(S(=O)(=O)N2CCN(C(=O)[C@@H]3CS[C@@]4(C)CCC(=O)N34)CC2)cc1. The van der Waals surface area contributed by atoms with Crippen LogP contribution >= 0.6 is 11.8 Å². The van der Waals surface area contributed by atoms with Crippen molar-refractivity contribution in [2.24, 2.45) is 0 Å². The van der Waals surface area contributed by atoms with Gasteiger partial charge in [0.2, 0.25) is 21.8 Å². The number of piperazine rings is 1. The largest absolute Gasteiger partial charge is 0.462 e. The third-order valence-electron chi connectivity index (χ3n) is 6.28. The summed E-state index contributed by atoms with van der Waals surface area (Å²) in [5, 5.41) is 0. The summed E-state index contributed by atoms with van der Waals surface area (Å²) in [5.41, 5.74) is 0.291. The van der Waals surface area contributed by atoms with E-state index in [1.807, 2.05) is 6.92 Å². The number of ether oxygens (including phenoxy) is 1. The highest BCUT2D eigenvalue weighted by molar-refractivity contribution is 8.01. The lowest BCUT2D eigenvalue weighted by molar-refractivity contribution is -0.144. The molecule has 0 aromatic heterocycles. The van der Waals surface area contributed by atoms with Gasteiger partial charge in [-0.05, 0) is 44.5 Å². The van der Waals surface area contributed by atoms with Crippen molar-refractivity contribution in [3.63, 3.8) is 0 Å². The second-order valence-corrected chi connectivity index (χ2v) is 11.7. The Morgan fingerprint density at radius 2 is 1.81 bits per heavy atom. The lowest BCUT2D eigenvalue weighted by Crippen LogP contribution is -2.56. The first kappa shape index (κ1) is 23.1. The third kappa shape index (κ3) is 4.01. The van der Waals surface area contributed by atoms with E-state index in [1.54, 1.807) is 28.5 Å². The molecule has 9 nitrogen and oxygen atoms in total. The van der Waals surface area contributed by atoms with Gasteiger partial charge in [0.15, 0.2) is 0 Å². The summed E-state index contributed by atoms with van der Waals surface area (Å²) >= 11 is 1.65. The molecule has 0 saturated carbocycles. The van der Waals surface area contributed by atoms with E-state index in [9.17, 15) is 22.8 Å². The van der Waals surface area contributed by atoms with Gasteiger partial charge in [-0.15, -0.1) is 11.8 Å². The number of rotatable bonds is 5. The molecule has 11 heteroatoms. The van der Waals surface area contributed by atoms with Gasteiger partial charge >= 0.3 is 5.97 Å². The number of nitrogens with zero attached hydrogens (tertiary/aromatic N) is 3. The van der Waals surface area contributed by atoms with Gasteiger partial charge in [0.05, 0.1) is 21.9 Å². The number of sulfonamides is 1. The Labute approximate surface area is 192 Å². The Kier molecular flexibility index (Phi) is 6.25. The lowest BCUT2D eigenvalue weighted by atomic mass is 10.2. The van der Waals surface area contributed by atoms with Crippen LogP contribution in [-0.2, 0) is 24.3 Å². The van der Waals surface area contributed by atoms with Crippen LogP contribution in [0.1, 0.15) is 37.0 Å². The summed E-state index contributed by atoms with van der Waals surface area (Å²) in [6, 6.07) is 5.20. The molecule has 2 amide bonds. The van der Waals surface area contributed by atoms with Crippen LogP contribution in [0.5, 0.6) is 0 Å². The number of benzene rings is 1. The number of esters is 1. The molecule has 0 radical (unpaired) electrons. The molecule has 174 valence electrons. The molecular formula is C21H27N3O6S2. The third-order valence-corrected chi connectivity index (χ3v) is 9.70. The molecular weight excluding hydrogens is 454 g/mol. The zero-order valence-corrected chi connectivity index (χ0v) is 19.8. The first-order valence-corrected chi connectivity index (χ1v) is 13.1. The van der Waals surface area contributed by atoms with E-state index in [0.29, 0.717) is 17.7 Å². The second-order valence-electron chi connectivity index (χ2n) is 8.24. The summed E-state index contributed by atoms with van der Waals surface area (Å²) in [4.78, 5) is 40.4. The molecule has 0 N–H and O–H groups in total. The van der Waals surface area contributed by atoms with Gasteiger partial charge in [0.25, 0.3) is 0 Å². The Bertz CT molecular complexity index is 1020. The van der Waals surface area contributed by atoms with Crippen LogP contribution in [0.25, 0.3) is 0 Å². The number of hydrogen-bond acceptors (Lipinski definition) is 7. The molecule has 3 saturated heterocycles. The second kappa shape index (κ2) is 8.68. The standard InChI is InChI=1S/C21H27N3O6S2/c1-3-30-20(27)15-4-6-16(7-5-15)32(28,29)23-12-10-22(11-13-23)19(26)17-14-31-21(2)9-8-18(25)24(17)21/h4-7,17H,3,8-14H2,1-2H3/t17-,21-/m0/s1. The van der Waals surface area contributed by atoms with Gasteiger partial charge < -0.3 is 14.5 Å². The molecule has 3 fully saturated rings. The summed E-state index contributed by atoms with van der Waals surface area (Å²) in [6.07, 6.45) is 1.22. The van der Waals surface area contributed by atoms with Gasteiger partial charge in [0.1, 0.15) is 6.04 Å². The Morgan fingerprint density at radius 3 is 2.44 bits per heavy atom. The van der Waals surface area contributed by atoms with E-state index >= 15 is 0 Å². The summed E-state index contributed by atoms with van der Waals surface area (Å²) < 4.78 is 32.3. The first-order chi connectivity index (χ1) is 15.2. The molecule has 2 atom stereocenters. The zero-order chi connectivity index (χ0) is 23.1. The van der Waals surface area contributed by atoms with Crippen LogP contribution in [0.15, 0.2) is 29.2 Å². The van der Waals surface area contributed by atoms with E-state index < -0.39 is 22.0 Å². The van der Waals surface area contributed by atoms with E-state index in [-0.39, 0.29) is 54.4 Å². The molecule has 0 bridgehead atoms. The molecule has 3 heterocycles. The molecule has 0 spiro atoms. The Balaban J connectivity index is 1.39. The fourth-order valence-electron chi connectivity index (χ4n) is 4.49. The fourth-order valence-corrected chi connectivity index (χ4v) is 7.33. The van der Waals surface area contributed by atoms with E-state index in [4.69, 9.17) is 4.74 Å². The van der Waals surface area contributed by atoms with Crippen molar-refractivity contribution in [1.29, 1.82) is 0 Å². The molecule has 3 aliphatic heterocycles. The van der Waals surface area contributed by atoms with Crippen molar-refractivity contribution in [1.82, 2.24) is 14.1 Å². The highest BCUT2D eigenvalue weighted by Gasteiger charge is 2.53. The highest BCUT2D eigenvalue weighted by atomic mass is 32.2. The molecule has 1 aromatic rings. The monoisotopic (exact) mass is 481 g/mol. The van der Waals surface area contributed by atoms with Crippen molar-refractivity contribution < 1.29 is 27.5 Å². The smallest absolute Gasteiger partial charge is 0.338 e. The number of carbonyl (C=O) groups excluding carboxylic acids is 3. The number of carbonyl (C=O) groups is 3. The topological polar surface area (TPSA) is 104 Å². The van der Waals surface area contributed by atoms with Gasteiger partial charge in [0, 0.05) is 38.4 Å². The van der Waals surface area contributed by atoms with Crippen molar-refractivity contribution in [2.75, 3.05) is 38.5 Å². The molecule has 0 aliphatic carbocycles. The average Bonchev–Trinajstić information content (AvgIpc) is 3.29. The average molecular weight is 482 g/mol. The van der Waals surface area contributed by atoms with E-state index in [0.717, 1.165) is 6.42 Å². The van der Waals surface area contributed by atoms with Gasteiger partial charge in [-0.25, -0.2) is 13.2 Å². The quantitative estimate of drug-likeness (QED) is 0.581. The van der Waals surface area contributed by atoms with Crippen molar-refractivity contribution in [3.8, 4) is 0 Å². The molecule has 3 aliphatic rings. The van der Waals surface area contributed by atoms with Crippen LogP contribution in [0, 0.1) is 0 Å². The predicted molar refractivity (Wildman–Crippen MR) is 118 cm³/mol. The van der Waals surface area contributed by atoms with Crippen LogP contribution in [-0.4, -0.2) is 89.8 Å². The van der Waals surface area contributed by atoms with Crippen LogP contribution < -0.4 is 0 Å². The van der Waals surface area contributed by atoms with Crippen molar-refractivity contribution >= 4 is 39.6 Å². The minimum absolute atomic E-state index is 0.0170. The summed E-state index contributed by atoms with van der Waals surface area (Å²) in [5.74, 6) is -0.0104. The molecule has 0 unspecified atom stereocenters. The minimum atomic E-state index is -3.74. The highest BCUT2D eigenvalue weighted by Crippen LogP contribution is 2.47. The number of amides is 2. The van der Waals surface area contributed by atoms with E-state index in [2.05, 4.69) is 0 Å². The first-order valence-electron chi connectivity index (χ1n) is 10.7. The Hall–Kier alpha value is -2.11. The lowest BCUT2D eigenvalue weighted by Gasteiger charge is -2.37. The van der Waals surface area contributed by atoms with Crippen molar-refractivity contribution in [2.45, 2.75) is 42.5 Å². The predicted octanol–water partition coefficient (Wildman–Crippen LogP) is 1.15. The summed E-state index contributed by atoms with van der Waals surface area (Å²) in [7, 11) is -3.74. The van der Waals surface area contributed by atoms with Crippen LogP contribution in [0.3, 0.4) is 0 Å².